The number of guanidine groups is 1. The van der Waals surface area contributed by atoms with Crippen LogP contribution in [0.1, 0.15) is 12.5 Å². The van der Waals surface area contributed by atoms with Crippen molar-refractivity contribution in [3.05, 3.63) is 54.1 Å². The number of halogens is 1. The summed E-state index contributed by atoms with van der Waals surface area (Å²) in [5, 5.41) is 13.1. The van der Waals surface area contributed by atoms with Gasteiger partial charge in [0.15, 0.2) is 17.5 Å². The van der Waals surface area contributed by atoms with E-state index in [4.69, 9.17) is 9.47 Å². The smallest absolute Gasteiger partial charge is 0.194 e. The van der Waals surface area contributed by atoms with E-state index >= 15 is 0 Å². The van der Waals surface area contributed by atoms with Crippen molar-refractivity contribution in [2.24, 2.45) is 4.99 Å². The Morgan fingerprint density at radius 2 is 1.93 bits per heavy atom. The van der Waals surface area contributed by atoms with Crippen LogP contribution in [0.2, 0.25) is 0 Å². The lowest BCUT2D eigenvalue weighted by atomic mass is 10.2. The van der Waals surface area contributed by atoms with Gasteiger partial charge in [-0.1, -0.05) is 24.3 Å². The van der Waals surface area contributed by atoms with Crippen molar-refractivity contribution in [2.45, 2.75) is 13.5 Å². The summed E-state index contributed by atoms with van der Waals surface area (Å²) in [7, 11) is 3.50. The number of methoxy groups -OCH3 is 1. The molecule has 0 radical (unpaired) electrons. The maximum absolute atomic E-state index is 9.88. The van der Waals surface area contributed by atoms with Crippen molar-refractivity contribution in [1.82, 2.24) is 10.2 Å². The number of hydrogen-bond donors (Lipinski definition) is 2. The van der Waals surface area contributed by atoms with Crippen LogP contribution >= 0.6 is 24.0 Å². The molecule has 0 bridgehead atoms. The van der Waals surface area contributed by atoms with Gasteiger partial charge in [0.1, 0.15) is 12.4 Å². The highest BCUT2D eigenvalue weighted by molar-refractivity contribution is 14.0. The van der Waals surface area contributed by atoms with Crippen LogP contribution < -0.4 is 14.8 Å². The number of benzene rings is 2. The first-order valence-corrected chi connectivity index (χ1v) is 8.67. The van der Waals surface area contributed by atoms with Crippen LogP contribution in [0.4, 0.5) is 0 Å². The van der Waals surface area contributed by atoms with Gasteiger partial charge in [0.05, 0.1) is 20.2 Å². The predicted octanol–water partition coefficient (Wildman–Crippen LogP) is 3.50. The molecule has 27 heavy (non-hydrogen) atoms. The zero-order valence-electron chi connectivity index (χ0n) is 16.0. The van der Waals surface area contributed by atoms with Gasteiger partial charge >= 0.3 is 0 Å². The number of para-hydroxylation sites is 1. The number of rotatable bonds is 8. The molecule has 0 unspecified atom stereocenters. The van der Waals surface area contributed by atoms with E-state index in [1.165, 1.54) is 7.11 Å². The van der Waals surface area contributed by atoms with Gasteiger partial charge < -0.3 is 24.8 Å². The van der Waals surface area contributed by atoms with Crippen LogP contribution in [-0.4, -0.2) is 49.8 Å². The number of phenolic OH excluding ortho intramolecular Hbond substituents is 1. The number of likely N-dealkylation sites (N-methyl/N-ethyl adjacent to an activating group) is 1. The molecule has 6 nitrogen and oxygen atoms in total. The number of nitrogens with one attached hydrogen (secondary N) is 1. The molecule has 0 atom stereocenters. The van der Waals surface area contributed by atoms with Gasteiger partial charge in [-0.25, -0.2) is 4.99 Å². The van der Waals surface area contributed by atoms with Crippen molar-refractivity contribution >= 4 is 29.9 Å². The Balaban J connectivity index is 0.00000364. The van der Waals surface area contributed by atoms with Crippen LogP contribution in [0, 0.1) is 0 Å². The minimum atomic E-state index is 0. The molecule has 148 valence electrons. The highest BCUT2D eigenvalue weighted by Crippen LogP contribution is 2.26. The van der Waals surface area contributed by atoms with Crippen molar-refractivity contribution in [1.29, 1.82) is 0 Å². The Bertz CT molecular complexity index is 711. The van der Waals surface area contributed by atoms with Crippen molar-refractivity contribution in [3.63, 3.8) is 0 Å². The highest BCUT2D eigenvalue weighted by Gasteiger charge is 2.07. The molecular formula is C20H28IN3O3. The zero-order valence-corrected chi connectivity index (χ0v) is 18.3. The number of nitrogens with zero attached hydrogens (tertiary/aromatic N) is 2. The molecule has 0 aromatic heterocycles. The van der Waals surface area contributed by atoms with E-state index in [0.717, 1.165) is 23.8 Å². The normalized spacial score (nSPS) is 10.7. The SMILES string of the molecule is CCNC(=NCc1ccc(OC)c(O)c1)N(C)CCOc1ccccc1.I. The monoisotopic (exact) mass is 485 g/mol. The van der Waals surface area contributed by atoms with Crippen LogP contribution in [0.25, 0.3) is 0 Å². The fourth-order valence-corrected chi connectivity index (χ4v) is 2.39. The molecule has 7 heteroatoms. The van der Waals surface area contributed by atoms with Gasteiger partial charge in [0.2, 0.25) is 0 Å². The second-order valence-corrected chi connectivity index (χ2v) is 5.76. The summed E-state index contributed by atoms with van der Waals surface area (Å²) in [5.74, 6) is 2.23. The molecule has 0 heterocycles. The summed E-state index contributed by atoms with van der Waals surface area (Å²) in [6.45, 7) is 4.53. The van der Waals surface area contributed by atoms with E-state index in [9.17, 15) is 5.11 Å². The number of hydrogen-bond acceptors (Lipinski definition) is 4. The van der Waals surface area contributed by atoms with E-state index in [0.29, 0.717) is 25.4 Å². The van der Waals surface area contributed by atoms with Crippen molar-refractivity contribution in [3.8, 4) is 17.2 Å². The van der Waals surface area contributed by atoms with Gasteiger partial charge in [0.25, 0.3) is 0 Å². The van der Waals surface area contributed by atoms with Gasteiger partial charge in [-0.3, -0.25) is 0 Å². The Hall–Kier alpha value is -2.16. The molecule has 0 fully saturated rings. The summed E-state index contributed by atoms with van der Waals surface area (Å²) in [5.41, 5.74) is 0.910. The maximum atomic E-state index is 9.88. The first kappa shape index (κ1) is 22.9. The third-order valence-electron chi connectivity index (χ3n) is 3.79. The molecule has 0 amide bonds. The highest BCUT2D eigenvalue weighted by atomic mass is 127. The first-order chi connectivity index (χ1) is 12.6. The van der Waals surface area contributed by atoms with E-state index < -0.39 is 0 Å². The van der Waals surface area contributed by atoms with E-state index in [-0.39, 0.29) is 29.7 Å². The Morgan fingerprint density at radius 3 is 2.56 bits per heavy atom. The lowest BCUT2D eigenvalue weighted by Crippen LogP contribution is -2.40. The molecule has 0 aliphatic heterocycles. The topological polar surface area (TPSA) is 66.3 Å². The van der Waals surface area contributed by atoms with E-state index in [1.54, 1.807) is 12.1 Å². The van der Waals surface area contributed by atoms with Gasteiger partial charge in [-0.2, -0.15) is 0 Å². The molecule has 0 spiro atoms. The Kier molecular flexibility index (Phi) is 10.4. The number of aromatic hydroxyl groups is 1. The quantitative estimate of drug-likeness (QED) is 0.341. The van der Waals surface area contributed by atoms with Gasteiger partial charge in [-0.15, -0.1) is 24.0 Å². The summed E-state index contributed by atoms with van der Waals surface area (Å²) in [6, 6.07) is 15.1. The molecule has 0 aliphatic rings. The lowest BCUT2D eigenvalue weighted by molar-refractivity contribution is 0.281. The molecule has 2 N–H and O–H groups in total. The van der Waals surface area contributed by atoms with Crippen LogP contribution in [0.5, 0.6) is 17.2 Å². The first-order valence-electron chi connectivity index (χ1n) is 8.67. The van der Waals surface area contributed by atoms with Gasteiger partial charge in [-0.05, 0) is 36.8 Å². The lowest BCUT2D eigenvalue weighted by Gasteiger charge is -2.22. The fraction of sp³-hybridized carbons (Fsp3) is 0.350. The van der Waals surface area contributed by atoms with E-state index in [1.807, 2.05) is 55.3 Å². The summed E-state index contributed by atoms with van der Waals surface area (Å²) >= 11 is 0. The van der Waals surface area contributed by atoms with Crippen molar-refractivity contribution < 1.29 is 14.6 Å². The summed E-state index contributed by atoms with van der Waals surface area (Å²) in [4.78, 5) is 6.65. The molecule has 2 aromatic rings. The van der Waals surface area contributed by atoms with Crippen molar-refractivity contribution in [2.75, 3.05) is 33.9 Å². The largest absolute Gasteiger partial charge is 0.504 e. The Morgan fingerprint density at radius 1 is 1.19 bits per heavy atom. The summed E-state index contributed by atoms with van der Waals surface area (Å²) < 4.78 is 10.8. The third kappa shape index (κ3) is 7.54. The van der Waals surface area contributed by atoms with Crippen LogP contribution in [0.15, 0.2) is 53.5 Å². The number of ether oxygens (including phenoxy) is 2. The molecule has 0 aliphatic carbocycles. The molecule has 0 saturated carbocycles. The third-order valence-corrected chi connectivity index (χ3v) is 3.79. The van der Waals surface area contributed by atoms with E-state index in [2.05, 4.69) is 10.3 Å². The Labute approximate surface area is 178 Å². The molecule has 2 aromatic carbocycles. The molecule has 0 saturated heterocycles. The second kappa shape index (κ2) is 12.3. The second-order valence-electron chi connectivity index (χ2n) is 5.76. The van der Waals surface area contributed by atoms with Crippen LogP contribution in [-0.2, 0) is 6.54 Å². The standard InChI is InChI=1S/C20H27N3O3.HI/c1-4-21-20(22-15-16-10-11-19(25-3)18(24)14-16)23(2)12-13-26-17-8-6-5-7-9-17;/h5-11,14,24H,4,12-13,15H2,1-3H3,(H,21,22);1H. The summed E-state index contributed by atoms with van der Waals surface area (Å²) in [6.07, 6.45) is 0. The maximum Gasteiger partial charge on any atom is 0.194 e. The van der Waals surface area contributed by atoms with Crippen LogP contribution in [0.3, 0.4) is 0 Å². The average Bonchev–Trinajstić information content (AvgIpc) is 2.66. The number of aliphatic imine (C=N–C) groups is 1. The molecular weight excluding hydrogens is 457 g/mol. The minimum Gasteiger partial charge on any atom is -0.504 e. The minimum absolute atomic E-state index is 0. The predicted molar refractivity (Wildman–Crippen MR) is 119 cm³/mol. The average molecular weight is 485 g/mol. The zero-order chi connectivity index (χ0) is 18.8. The van der Waals surface area contributed by atoms with Gasteiger partial charge in [0, 0.05) is 13.6 Å². The molecule has 2 rings (SSSR count). The number of phenols is 1. The fourth-order valence-electron chi connectivity index (χ4n) is 2.39.